The largest absolute Gasteiger partial charge is 0.396 e. The number of benzene rings is 1. The molecular formula is C11H15F2NO. The van der Waals surface area contributed by atoms with Gasteiger partial charge in [0.25, 0.3) is 0 Å². The van der Waals surface area contributed by atoms with Crippen molar-refractivity contribution in [3.8, 4) is 0 Å². The van der Waals surface area contributed by atoms with Gasteiger partial charge in [-0.15, -0.1) is 0 Å². The van der Waals surface area contributed by atoms with E-state index in [0.717, 1.165) is 6.07 Å². The van der Waals surface area contributed by atoms with Crippen molar-refractivity contribution >= 4 is 0 Å². The lowest BCUT2D eigenvalue weighted by Gasteiger charge is -2.12. The van der Waals surface area contributed by atoms with Gasteiger partial charge in [-0.3, -0.25) is 0 Å². The van der Waals surface area contributed by atoms with Gasteiger partial charge < -0.3 is 10.4 Å². The molecule has 0 aliphatic carbocycles. The molecule has 2 N–H and O–H groups in total. The van der Waals surface area contributed by atoms with Crippen LogP contribution in [0.4, 0.5) is 8.78 Å². The van der Waals surface area contributed by atoms with Gasteiger partial charge in [-0.2, -0.15) is 0 Å². The molecule has 1 aromatic carbocycles. The Morgan fingerprint density at radius 2 is 2.07 bits per heavy atom. The van der Waals surface area contributed by atoms with Crippen LogP contribution in [0, 0.1) is 11.6 Å². The SMILES string of the molecule is C[C@H](CCO)NCc1ccc(F)c(F)c1. The quantitative estimate of drug-likeness (QED) is 0.785. The van der Waals surface area contributed by atoms with Crippen molar-refractivity contribution in [1.29, 1.82) is 0 Å². The summed E-state index contributed by atoms with van der Waals surface area (Å²) in [5, 5.41) is 11.8. The van der Waals surface area contributed by atoms with Crippen LogP contribution in [0.5, 0.6) is 0 Å². The minimum Gasteiger partial charge on any atom is -0.396 e. The van der Waals surface area contributed by atoms with Crippen LogP contribution in [-0.2, 0) is 6.54 Å². The fourth-order valence-corrected chi connectivity index (χ4v) is 1.24. The Kier molecular flexibility index (Phi) is 4.65. The smallest absolute Gasteiger partial charge is 0.159 e. The van der Waals surface area contributed by atoms with Gasteiger partial charge in [0.2, 0.25) is 0 Å². The molecule has 4 heteroatoms. The molecule has 0 saturated carbocycles. The van der Waals surface area contributed by atoms with Gasteiger partial charge in [0, 0.05) is 19.2 Å². The summed E-state index contributed by atoms with van der Waals surface area (Å²) in [5.41, 5.74) is 0.693. The molecule has 0 bridgehead atoms. The number of rotatable bonds is 5. The molecule has 2 nitrogen and oxygen atoms in total. The summed E-state index contributed by atoms with van der Waals surface area (Å²) in [5.74, 6) is -1.66. The fraction of sp³-hybridized carbons (Fsp3) is 0.455. The second-order valence-electron chi connectivity index (χ2n) is 3.54. The lowest BCUT2D eigenvalue weighted by atomic mass is 10.2. The van der Waals surface area contributed by atoms with Crippen molar-refractivity contribution in [2.75, 3.05) is 6.61 Å². The third kappa shape index (κ3) is 3.93. The molecule has 0 amide bonds. The van der Waals surface area contributed by atoms with Gasteiger partial charge in [0.15, 0.2) is 11.6 Å². The van der Waals surface area contributed by atoms with Crippen molar-refractivity contribution in [3.63, 3.8) is 0 Å². The minimum absolute atomic E-state index is 0.117. The zero-order chi connectivity index (χ0) is 11.3. The van der Waals surface area contributed by atoms with Gasteiger partial charge in [0.1, 0.15) is 0 Å². The molecule has 0 aliphatic heterocycles. The van der Waals surface area contributed by atoms with Crippen LogP contribution in [-0.4, -0.2) is 17.8 Å². The molecule has 1 aromatic rings. The Balaban J connectivity index is 2.47. The van der Waals surface area contributed by atoms with E-state index in [1.165, 1.54) is 12.1 Å². The molecule has 1 atom stereocenters. The zero-order valence-electron chi connectivity index (χ0n) is 8.63. The monoisotopic (exact) mass is 215 g/mol. The van der Waals surface area contributed by atoms with Crippen LogP contribution < -0.4 is 5.32 Å². The van der Waals surface area contributed by atoms with E-state index in [1.54, 1.807) is 0 Å². The molecule has 0 aromatic heterocycles. The first-order valence-electron chi connectivity index (χ1n) is 4.91. The molecule has 84 valence electrons. The van der Waals surface area contributed by atoms with E-state index < -0.39 is 11.6 Å². The first-order chi connectivity index (χ1) is 7.13. The molecule has 0 spiro atoms. The molecular weight excluding hydrogens is 200 g/mol. The van der Waals surface area contributed by atoms with Gasteiger partial charge >= 0.3 is 0 Å². The zero-order valence-corrected chi connectivity index (χ0v) is 8.63. The minimum atomic E-state index is -0.831. The van der Waals surface area contributed by atoms with Crippen molar-refractivity contribution in [1.82, 2.24) is 5.32 Å². The lowest BCUT2D eigenvalue weighted by Crippen LogP contribution is -2.26. The summed E-state index contributed by atoms with van der Waals surface area (Å²) in [6.45, 7) is 2.51. The Hall–Kier alpha value is -1.00. The van der Waals surface area contributed by atoms with E-state index in [1.807, 2.05) is 6.92 Å². The summed E-state index contributed by atoms with van der Waals surface area (Å²) in [4.78, 5) is 0. The van der Waals surface area contributed by atoms with E-state index in [4.69, 9.17) is 5.11 Å². The molecule has 0 fully saturated rings. The number of hydrogen-bond acceptors (Lipinski definition) is 2. The maximum absolute atomic E-state index is 12.8. The number of aliphatic hydroxyl groups is 1. The highest BCUT2D eigenvalue weighted by Gasteiger charge is 2.04. The van der Waals surface area contributed by atoms with Crippen LogP contribution in [0.1, 0.15) is 18.9 Å². The van der Waals surface area contributed by atoms with Crippen LogP contribution in [0.3, 0.4) is 0 Å². The highest BCUT2D eigenvalue weighted by molar-refractivity contribution is 5.17. The number of nitrogens with one attached hydrogen (secondary N) is 1. The normalized spacial score (nSPS) is 12.8. The number of halogens is 2. The Labute approximate surface area is 87.9 Å². The average molecular weight is 215 g/mol. The third-order valence-corrected chi connectivity index (χ3v) is 2.20. The van der Waals surface area contributed by atoms with Gasteiger partial charge in [-0.25, -0.2) is 8.78 Å². The van der Waals surface area contributed by atoms with E-state index in [0.29, 0.717) is 18.5 Å². The van der Waals surface area contributed by atoms with Crippen LogP contribution in [0.25, 0.3) is 0 Å². The first-order valence-corrected chi connectivity index (χ1v) is 4.91. The Morgan fingerprint density at radius 3 is 2.67 bits per heavy atom. The number of aliphatic hydroxyl groups excluding tert-OH is 1. The molecule has 0 aliphatic rings. The molecule has 1 rings (SSSR count). The van der Waals surface area contributed by atoms with Crippen LogP contribution >= 0.6 is 0 Å². The third-order valence-electron chi connectivity index (χ3n) is 2.20. The predicted octanol–water partition coefficient (Wildman–Crippen LogP) is 1.83. The van der Waals surface area contributed by atoms with Gasteiger partial charge in [0.05, 0.1) is 0 Å². The van der Waals surface area contributed by atoms with Crippen molar-refractivity contribution in [2.24, 2.45) is 0 Å². The van der Waals surface area contributed by atoms with E-state index in [-0.39, 0.29) is 12.6 Å². The Bertz CT molecular complexity index is 317. The van der Waals surface area contributed by atoms with E-state index in [9.17, 15) is 8.78 Å². The summed E-state index contributed by atoms with van der Waals surface area (Å²) in [7, 11) is 0. The summed E-state index contributed by atoms with van der Waals surface area (Å²) >= 11 is 0. The lowest BCUT2D eigenvalue weighted by molar-refractivity contribution is 0.268. The molecule has 0 radical (unpaired) electrons. The molecule has 0 saturated heterocycles. The number of hydrogen-bond donors (Lipinski definition) is 2. The summed E-state index contributed by atoms with van der Waals surface area (Å²) in [6.07, 6.45) is 0.643. The maximum Gasteiger partial charge on any atom is 0.159 e. The van der Waals surface area contributed by atoms with Crippen molar-refractivity contribution in [2.45, 2.75) is 25.9 Å². The Morgan fingerprint density at radius 1 is 1.33 bits per heavy atom. The molecule has 0 unspecified atom stereocenters. The van der Waals surface area contributed by atoms with E-state index in [2.05, 4.69) is 5.32 Å². The highest BCUT2D eigenvalue weighted by atomic mass is 19.2. The standard InChI is InChI=1S/C11H15F2NO/c1-8(4-5-15)14-7-9-2-3-10(12)11(13)6-9/h2-3,6,8,14-15H,4-5,7H2,1H3/t8-/m1/s1. The first kappa shape index (κ1) is 12.1. The molecule has 0 heterocycles. The maximum atomic E-state index is 12.8. The van der Waals surface area contributed by atoms with E-state index >= 15 is 0 Å². The molecule has 15 heavy (non-hydrogen) atoms. The second-order valence-corrected chi connectivity index (χ2v) is 3.54. The topological polar surface area (TPSA) is 32.3 Å². The average Bonchev–Trinajstić information content (AvgIpc) is 2.20. The fourth-order valence-electron chi connectivity index (χ4n) is 1.24. The van der Waals surface area contributed by atoms with Crippen LogP contribution in [0.2, 0.25) is 0 Å². The van der Waals surface area contributed by atoms with Crippen molar-refractivity contribution < 1.29 is 13.9 Å². The van der Waals surface area contributed by atoms with Gasteiger partial charge in [-0.1, -0.05) is 6.07 Å². The summed E-state index contributed by atoms with van der Waals surface area (Å²) < 4.78 is 25.4. The predicted molar refractivity (Wildman–Crippen MR) is 54.4 cm³/mol. The van der Waals surface area contributed by atoms with Gasteiger partial charge in [-0.05, 0) is 31.0 Å². The second kappa shape index (κ2) is 5.78. The highest BCUT2D eigenvalue weighted by Crippen LogP contribution is 2.08. The van der Waals surface area contributed by atoms with Crippen LogP contribution in [0.15, 0.2) is 18.2 Å². The van der Waals surface area contributed by atoms with Crippen molar-refractivity contribution in [3.05, 3.63) is 35.4 Å². The summed E-state index contributed by atoms with van der Waals surface area (Å²) in [6, 6.07) is 3.98.